The fourth-order valence-corrected chi connectivity index (χ4v) is 2.96. The van der Waals surface area contributed by atoms with Gasteiger partial charge in [-0.2, -0.15) is 0 Å². The maximum Gasteiger partial charge on any atom is 0.145 e. The summed E-state index contributed by atoms with van der Waals surface area (Å²) in [6.07, 6.45) is 3.53. The van der Waals surface area contributed by atoms with Crippen LogP contribution in [0.25, 0.3) is 0 Å². The lowest BCUT2D eigenvalue weighted by Gasteiger charge is -2.08. The van der Waals surface area contributed by atoms with Crippen molar-refractivity contribution in [3.05, 3.63) is 83.3 Å². The normalized spacial score (nSPS) is 12.1. The molecule has 0 unspecified atom stereocenters. The van der Waals surface area contributed by atoms with Crippen LogP contribution in [0.1, 0.15) is 62.2 Å². The highest BCUT2D eigenvalue weighted by Gasteiger charge is 2.06. The van der Waals surface area contributed by atoms with Crippen molar-refractivity contribution in [2.75, 3.05) is 0 Å². The van der Waals surface area contributed by atoms with Crippen molar-refractivity contribution in [2.24, 2.45) is 9.98 Å². The molecule has 0 aliphatic carbocycles. The molecule has 0 N–H and O–H groups in total. The first-order valence-corrected chi connectivity index (χ1v) is 9.40. The molecule has 0 aliphatic rings. The van der Waals surface area contributed by atoms with Crippen LogP contribution < -0.4 is 0 Å². The second-order valence-electron chi connectivity index (χ2n) is 7.18. The van der Waals surface area contributed by atoms with E-state index in [0.717, 1.165) is 11.4 Å². The van der Waals surface area contributed by atoms with Gasteiger partial charge in [0, 0.05) is 0 Å². The molecule has 138 valence electrons. The quantitative estimate of drug-likeness (QED) is 0.436. The van der Waals surface area contributed by atoms with E-state index in [4.69, 9.17) is 4.42 Å². The van der Waals surface area contributed by atoms with Crippen LogP contribution >= 0.6 is 0 Å². The fourth-order valence-electron chi connectivity index (χ4n) is 2.96. The van der Waals surface area contributed by atoms with Crippen LogP contribution in [0, 0.1) is 0 Å². The molecule has 3 aromatic rings. The number of nitrogens with zero attached hydrogens (tertiary/aromatic N) is 2. The Balaban J connectivity index is 1.76. The second-order valence-corrected chi connectivity index (χ2v) is 7.18. The van der Waals surface area contributed by atoms with Crippen molar-refractivity contribution < 1.29 is 4.42 Å². The van der Waals surface area contributed by atoms with Crippen molar-refractivity contribution in [1.82, 2.24) is 0 Å². The number of rotatable bonds is 6. The molecular formula is C24H26N2O. The van der Waals surface area contributed by atoms with Gasteiger partial charge in [-0.3, -0.25) is 9.98 Å². The molecule has 3 rings (SSSR count). The minimum atomic E-state index is 0.429. The average Bonchev–Trinajstić information content (AvgIpc) is 3.13. The van der Waals surface area contributed by atoms with Crippen LogP contribution in [0.4, 0.5) is 11.4 Å². The molecule has 1 heterocycles. The van der Waals surface area contributed by atoms with Gasteiger partial charge in [0.2, 0.25) is 0 Å². The van der Waals surface area contributed by atoms with E-state index in [0.29, 0.717) is 23.4 Å². The average molecular weight is 358 g/mol. The number of hydrogen-bond donors (Lipinski definition) is 0. The first-order valence-electron chi connectivity index (χ1n) is 9.40. The SMILES string of the molecule is CC(C)c1ccccc1N=Cc1ccc(C=Nc2ccccc2C(C)C)o1. The number of benzene rings is 2. The van der Waals surface area contributed by atoms with E-state index >= 15 is 0 Å². The Morgan fingerprint density at radius 3 is 1.44 bits per heavy atom. The number of aliphatic imine (C=N–C) groups is 2. The number of hydrogen-bond acceptors (Lipinski definition) is 3. The zero-order chi connectivity index (χ0) is 19.2. The topological polar surface area (TPSA) is 37.9 Å². The van der Waals surface area contributed by atoms with Gasteiger partial charge in [0.15, 0.2) is 0 Å². The Kier molecular flexibility index (Phi) is 6.02. The van der Waals surface area contributed by atoms with Gasteiger partial charge in [0.25, 0.3) is 0 Å². The zero-order valence-corrected chi connectivity index (χ0v) is 16.4. The van der Waals surface area contributed by atoms with Crippen molar-refractivity contribution in [3.8, 4) is 0 Å². The third-order valence-corrected chi connectivity index (χ3v) is 4.43. The van der Waals surface area contributed by atoms with E-state index in [-0.39, 0.29) is 0 Å². The smallest absolute Gasteiger partial charge is 0.145 e. The van der Waals surface area contributed by atoms with E-state index in [2.05, 4.69) is 49.8 Å². The summed E-state index contributed by atoms with van der Waals surface area (Å²) in [7, 11) is 0. The molecular weight excluding hydrogens is 332 g/mol. The lowest BCUT2D eigenvalue weighted by molar-refractivity contribution is 0.553. The van der Waals surface area contributed by atoms with Crippen LogP contribution in [-0.2, 0) is 0 Å². The monoisotopic (exact) mass is 358 g/mol. The van der Waals surface area contributed by atoms with E-state index in [1.807, 2.05) is 48.5 Å². The van der Waals surface area contributed by atoms with Gasteiger partial charge in [0.1, 0.15) is 11.5 Å². The van der Waals surface area contributed by atoms with Crippen LogP contribution in [0.5, 0.6) is 0 Å². The molecule has 27 heavy (non-hydrogen) atoms. The summed E-state index contributed by atoms with van der Waals surface area (Å²) < 4.78 is 5.83. The van der Waals surface area contributed by atoms with Crippen molar-refractivity contribution >= 4 is 23.8 Å². The number of furan rings is 1. The van der Waals surface area contributed by atoms with Gasteiger partial charge in [-0.15, -0.1) is 0 Å². The Hall–Kier alpha value is -2.94. The van der Waals surface area contributed by atoms with Crippen LogP contribution in [-0.4, -0.2) is 12.4 Å². The molecule has 0 atom stereocenters. The van der Waals surface area contributed by atoms with Gasteiger partial charge in [-0.1, -0.05) is 64.1 Å². The zero-order valence-electron chi connectivity index (χ0n) is 16.4. The molecule has 0 saturated heterocycles. The maximum absolute atomic E-state index is 5.83. The van der Waals surface area contributed by atoms with Gasteiger partial charge in [0.05, 0.1) is 23.8 Å². The first-order chi connectivity index (χ1) is 13.0. The van der Waals surface area contributed by atoms with Gasteiger partial charge < -0.3 is 4.42 Å². The molecule has 0 spiro atoms. The standard InChI is InChI=1S/C24H26N2O/c1-17(2)21-9-5-7-11-23(21)25-15-19-13-14-20(27-19)16-26-24-12-8-6-10-22(24)18(3)4/h5-18H,1-4H3. The highest BCUT2D eigenvalue weighted by molar-refractivity contribution is 5.83. The van der Waals surface area contributed by atoms with E-state index < -0.39 is 0 Å². The van der Waals surface area contributed by atoms with Crippen LogP contribution in [0.2, 0.25) is 0 Å². The third kappa shape index (κ3) is 4.82. The minimum absolute atomic E-state index is 0.429. The highest BCUT2D eigenvalue weighted by atomic mass is 16.3. The fraction of sp³-hybridized carbons (Fsp3) is 0.250. The number of para-hydroxylation sites is 2. The molecule has 0 fully saturated rings. The second kappa shape index (κ2) is 8.63. The van der Waals surface area contributed by atoms with Crippen molar-refractivity contribution in [1.29, 1.82) is 0 Å². The molecule has 0 saturated carbocycles. The summed E-state index contributed by atoms with van der Waals surface area (Å²) in [5.41, 5.74) is 4.41. The molecule has 1 aromatic heterocycles. The molecule has 0 amide bonds. The lowest BCUT2D eigenvalue weighted by Crippen LogP contribution is -1.88. The molecule has 3 heteroatoms. The summed E-state index contributed by atoms with van der Waals surface area (Å²) in [6.45, 7) is 8.69. The van der Waals surface area contributed by atoms with Crippen LogP contribution in [0.3, 0.4) is 0 Å². The van der Waals surface area contributed by atoms with Gasteiger partial charge in [-0.05, 0) is 47.2 Å². The Morgan fingerprint density at radius 1 is 0.630 bits per heavy atom. The molecule has 3 nitrogen and oxygen atoms in total. The summed E-state index contributed by atoms with van der Waals surface area (Å²) >= 11 is 0. The van der Waals surface area contributed by atoms with Crippen molar-refractivity contribution in [2.45, 2.75) is 39.5 Å². The van der Waals surface area contributed by atoms with E-state index in [9.17, 15) is 0 Å². The molecule has 2 aromatic carbocycles. The van der Waals surface area contributed by atoms with Crippen LogP contribution in [0.15, 0.2) is 75.1 Å². The summed E-state index contributed by atoms with van der Waals surface area (Å²) in [5, 5.41) is 0. The summed E-state index contributed by atoms with van der Waals surface area (Å²) in [6, 6.07) is 20.2. The predicted molar refractivity (Wildman–Crippen MR) is 114 cm³/mol. The lowest BCUT2D eigenvalue weighted by atomic mass is 10.0. The minimum Gasteiger partial charge on any atom is -0.454 e. The third-order valence-electron chi connectivity index (χ3n) is 4.43. The van der Waals surface area contributed by atoms with Gasteiger partial charge >= 0.3 is 0 Å². The molecule has 0 bridgehead atoms. The largest absolute Gasteiger partial charge is 0.454 e. The Morgan fingerprint density at radius 2 is 1.04 bits per heavy atom. The molecule has 0 radical (unpaired) electrons. The maximum atomic E-state index is 5.83. The van der Waals surface area contributed by atoms with E-state index in [1.54, 1.807) is 12.4 Å². The summed E-state index contributed by atoms with van der Waals surface area (Å²) in [4.78, 5) is 9.21. The predicted octanol–water partition coefficient (Wildman–Crippen LogP) is 7.03. The van der Waals surface area contributed by atoms with Crippen molar-refractivity contribution in [3.63, 3.8) is 0 Å². The Bertz CT molecular complexity index is 872. The van der Waals surface area contributed by atoms with E-state index in [1.165, 1.54) is 11.1 Å². The Labute approximate surface area is 161 Å². The molecule has 0 aliphatic heterocycles. The van der Waals surface area contributed by atoms with Gasteiger partial charge in [-0.25, -0.2) is 0 Å². The first kappa shape index (κ1) is 18.8. The highest BCUT2D eigenvalue weighted by Crippen LogP contribution is 2.27. The summed E-state index contributed by atoms with van der Waals surface area (Å²) in [5.74, 6) is 2.29.